The molecule has 1 aliphatic carbocycles. The minimum Gasteiger partial charge on any atom is -0.461 e. The smallest absolute Gasteiger partial charge is 0.261 e. The van der Waals surface area contributed by atoms with Gasteiger partial charge in [-0.2, -0.15) is 0 Å². The minimum absolute atomic E-state index is 0.00205. The number of nitrogens with zero attached hydrogens (tertiary/aromatic N) is 1. The van der Waals surface area contributed by atoms with E-state index in [4.69, 9.17) is 4.42 Å². The molecule has 0 spiro atoms. The number of aryl methyl sites for hydroxylation is 1. The second kappa shape index (κ2) is 8.41. The molecule has 0 radical (unpaired) electrons. The number of carbonyl (C=O) groups excluding carboxylic acids is 2. The third-order valence-corrected chi connectivity index (χ3v) is 6.23. The number of ketones is 1. The second-order valence-corrected chi connectivity index (χ2v) is 9.61. The van der Waals surface area contributed by atoms with Crippen LogP contribution in [-0.4, -0.2) is 28.6 Å². The fourth-order valence-electron chi connectivity index (χ4n) is 4.56. The van der Waals surface area contributed by atoms with Crippen molar-refractivity contribution in [3.63, 3.8) is 0 Å². The zero-order chi connectivity index (χ0) is 23.0. The number of fused-ring (bicyclic) bond motifs is 2. The van der Waals surface area contributed by atoms with Gasteiger partial charge in [-0.1, -0.05) is 45.4 Å². The van der Waals surface area contributed by atoms with Crippen LogP contribution in [0, 0.1) is 5.41 Å². The molecule has 0 bridgehead atoms. The average molecular weight is 435 g/mol. The number of carbonyl (C=O) groups is 2. The molecule has 0 saturated carbocycles. The van der Waals surface area contributed by atoms with E-state index >= 15 is 0 Å². The zero-order valence-electron chi connectivity index (χ0n) is 19.2. The fourth-order valence-corrected chi connectivity index (χ4v) is 4.56. The van der Waals surface area contributed by atoms with Crippen LogP contribution < -0.4 is 5.56 Å². The second-order valence-electron chi connectivity index (χ2n) is 9.61. The van der Waals surface area contributed by atoms with Crippen LogP contribution in [0.2, 0.25) is 0 Å². The Morgan fingerprint density at radius 2 is 1.94 bits per heavy atom. The van der Waals surface area contributed by atoms with Crippen LogP contribution in [0.4, 0.5) is 0 Å². The van der Waals surface area contributed by atoms with Crippen molar-refractivity contribution in [2.24, 2.45) is 5.41 Å². The summed E-state index contributed by atoms with van der Waals surface area (Å²) in [6.07, 6.45) is 3.84. The quantitative estimate of drug-likeness (QED) is 0.599. The van der Waals surface area contributed by atoms with E-state index in [1.165, 1.54) is 11.0 Å². The third kappa shape index (κ3) is 4.14. The maximum atomic E-state index is 13.2. The summed E-state index contributed by atoms with van der Waals surface area (Å²) in [7, 11) is 1.68. The molecule has 168 valence electrons. The molecule has 0 saturated heterocycles. The van der Waals surface area contributed by atoms with Gasteiger partial charge in [0.15, 0.2) is 5.78 Å². The Morgan fingerprint density at radius 3 is 2.69 bits per heavy atom. The third-order valence-electron chi connectivity index (χ3n) is 6.23. The minimum atomic E-state index is -0.450. The Hall–Kier alpha value is -3.15. The van der Waals surface area contributed by atoms with Gasteiger partial charge in [-0.3, -0.25) is 14.4 Å². The lowest BCUT2D eigenvalue weighted by Crippen LogP contribution is -2.35. The molecule has 4 rings (SSSR count). The van der Waals surface area contributed by atoms with Crippen molar-refractivity contribution in [3.05, 3.63) is 68.8 Å². The number of unbranched alkanes of at least 4 members (excludes halogenated alkanes) is 1. The van der Waals surface area contributed by atoms with E-state index in [-0.39, 0.29) is 16.8 Å². The van der Waals surface area contributed by atoms with E-state index in [9.17, 15) is 14.4 Å². The van der Waals surface area contributed by atoms with E-state index in [0.29, 0.717) is 30.6 Å². The number of amides is 1. The Bertz CT molecular complexity index is 1250. The molecule has 0 unspecified atom stereocenters. The normalized spacial score (nSPS) is 15.1. The first kappa shape index (κ1) is 22.1. The summed E-state index contributed by atoms with van der Waals surface area (Å²) in [4.78, 5) is 43.0. The molecule has 32 heavy (non-hydrogen) atoms. The molecule has 1 aliphatic rings. The van der Waals surface area contributed by atoms with Crippen molar-refractivity contribution >= 4 is 22.7 Å². The van der Waals surface area contributed by atoms with E-state index in [0.717, 1.165) is 41.6 Å². The predicted octanol–water partition coefficient (Wildman–Crippen LogP) is 4.89. The molecular weight excluding hydrogens is 404 g/mol. The summed E-state index contributed by atoms with van der Waals surface area (Å²) in [5, 5.41) is 0.981. The zero-order valence-corrected chi connectivity index (χ0v) is 19.2. The topological polar surface area (TPSA) is 83.4 Å². The van der Waals surface area contributed by atoms with Crippen molar-refractivity contribution in [1.29, 1.82) is 0 Å². The number of benzene rings is 1. The first-order chi connectivity index (χ1) is 15.2. The maximum absolute atomic E-state index is 13.2. The molecule has 3 aromatic rings. The fraction of sp³-hybridized carbons (Fsp3) is 0.423. The van der Waals surface area contributed by atoms with Gasteiger partial charge in [-0.25, -0.2) is 0 Å². The van der Waals surface area contributed by atoms with Crippen molar-refractivity contribution in [2.75, 3.05) is 7.05 Å². The number of furan rings is 1. The first-order valence-corrected chi connectivity index (χ1v) is 11.2. The lowest BCUT2D eigenvalue weighted by molar-refractivity contribution is 0.0783. The van der Waals surface area contributed by atoms with Gasteiger partial charge in [0.1, 0.15) is 16.9 Å². The number of hydrogen-bond acceptors (Lipinski definition) is 4. The highest BCUT2D eigenvalue weighted by atomic mass is 16.3. The van der Waals surface area contributed by atoms with Gasteiger partial charge in [-0.15, -0.1) is 0 Å². The average Bonchev–Trinajstić information content (AvgIpc) is 3.07. The Labute approximate surface area is 187 Å². The number of nitrogens with one attached hydrogen (secondary N) is 1. The molecule has 0 fully saturated rings. The van der Waals surface area contributed by atoms with Crippen molar-refractivity contribution < 1.29 is 14.0 Å². The molecule has 0 aliphatic heterocycles. The summed E-state index contributed by atoms with van der Waals surface area (Å²) in [6, 6.07) is 9.29. The molecule has 6 nitrogen and oxygen atoms in total. The predicted molar refractivity (Wildman–Crippen MR) is 124 cm³/mol. The molecule has 0 atom stereocenters. The van der Waals surface area contributed by atoms with Crippen LogP contribution in [0.15, 0.2) is 39.5 Å². The van der Waals surface area contributed by atoms with Gasteiger partial charge in [0.25, 0.3) is 11.5 Å². The van der Waals surface area contributed by atoms with Crippen LogP contribution in [0.1, 0.15) is 77.8 Å². The highest BCUT2D eigenvalue weighted by Crippen LogP contribution is 2.33. The molecule has 1 aromatic carbocycles. The number of para-hydroxylation sites is 1. The van der Waals surface area contributed by atoms with Crippen molar-refractivity contribution in [2.45, 2.75) is 59.4 Å². The van der Waals surface area contributed by atoms with E-state index in [1.807, 2.05) is 38.1 Å². The van der Waals surface area contributed by atoms with Gasteiger partial charge in [0.05, 0.1) is 0 Å². The SMILES string of the molecule is CCCCc1oc2ccccc2c1CN(C)C(=O)c1cc2c([nH]c1=O)CC(C)(C)CC2=O. The molecule has 2 aromatic heterocycles. The van der Waals surface area contributed by atoms with Crippen molar-refractivity contribution in [1.82, 2.24) is 9.88 Å². The Kier molecular flexibility index (Phi) is 5.80. The van der Waals surface area contributed by atoms with E-state index in [2.05, 4.69) is 11.9 Å². The van der Waals surface area contributed by atoms with E-state index < -0.39 is 11.5 Å². The van der Waals surface area contributed by atoms with Crippen molar-refractivity contribution in [3.8, 4) is 0 Å². The molecular formula is C26H30N2O4. The van der Waals surface area contributed by atoms with Gasteiger partial charge < -0.3 is 14.3 Å². The monoisotopic (exact) mass is 434 g/mol. The summed E-state index contributed by atoms with van der Waals surface area (Å²) in [6.45, 7) is 6.46. The highest BCUT2D eigenvalue weighted by Gasteiger charge is 2.33. The highest BCUT2D eigenvalue weighted by molar-refractivity contribution is 6.02. The first-order valence-electron chi connectivity index (χ1n) is 11.2. The standard InChI is InChI=1S/C26H30N2O4/c1-5-6-10-23-19(16-9-7-8-11-22(16)32-23)15-28(4)25(31)18-12-17-20(27-24(18)30)13-26(2,3)14-21(17)29/h7-9,11-12H,5-6,10,13-15H2,1-4H3,(H,27,30). The number of hydrogen-bond donors (Lipinski definition) is 1. The Balaban J connectivity index is 1.65. The van der Waals surface area contributed by atoms with Gasteiger partial charge >= 0.3 is 0 Å². The van der Waals surface area contributed by atoms with Gasteiger partial charge in [-0.05, 0) is 30.4 Å². The molecule has 2 heterocycles. The van der Waals surface area contributed by atoms with Gasteiger partial charge in [0, 0.05) is 48.6 Å². The van der Waals surface area contributed by atoms with Crippen LogP contribution in [0.3, 0.4) is 0 Å². The van der Waals surface area contributed by atoms with Crippen LogP contribution >= 0.6 is 0 Å². The number of Topliss-reactive ketones (excluding diaryl/α,β-unsaturated/α-hetero) is 1. The number of H-pyrrole nitrogens is 1. The summed E-state index contributed by atoms with van der Waals surface area (Å²) in [5.74, 6) is 0.440. The lowest BCUT2D eigenvalue weighted by Gasteiger charge is -2.30. The molecule has 1 amide bonds. The summed E-state index contributed by atoms with van der Waals surface area (Å²) >= 11 is 0. The number of aromatic nitrogens is 1. The number of rotatable bonds is 6. The largest absolute Gasteiger partial charge is 0.461 e. The number of pyridine rings is 1. The molecule has 1 N–H and O–H groups in total. The Morgan fingerprint density at radius 1 is 1.19 bits per heavy atom. The van der Waals surface area contributed by atoms with Crippen LogP contribution in [0.5, 0.6) is 0 Å². The van der Waals surface area contributed by atoms with Crippen LogP contribution in [0.25, 0.3) is 11.0 Å². The van der Waals surface area contributed by atoms with Crippen LogP contribution in [-0.2, 0) is 19.4 Å². The summed E-state index contributed by atoms with van der Waals surface area (Å²) < 4.78 is 6.07. The maximum Gasteiger partial charge on any atom is 0.261 e. The number of aromatic amines is 1. The van der Waals surface area contributed by atoms with Gasteiger partial charge in [0.2, 0.25) is 0 Å². The van der Waals surface area contributed by atoms with E-state index in [1.54, 1.807) is 7.05 Å². The lowest BCUT2D eigenvalue weighted by atomic mass is 9.75. The summed E-state index contributed by atoms with van der Waals surface area (Å²) in [5.41, 5.74) is 2.20. The molecule has 6 heteroatoms.